The second-order valence-corrected chi connectivity index (χ2v) is 7.73. The Hall–Kier alpha value is -2.60. The highest BCUT2D eigenvalue weighted by Gasteiger charge is 2.39. The predicted octanol–water partition coefficient (Wildman–Crippen LogP) is 1.97. The number of rotatable bonds is 1. The lowest BCUT2D eigenvalue weighted by Gasteiger charge is -2.39. The molecule has 0 spiro atoms. The van der Waals surface area contributed by atoms with E-state index in [0.29, 0.717) is 16.8 Å². The number of hydrogen-bond acceptors (Lipinski definition) is 4. The Kier molecular flexibility index (Phi) is 3.08. The van der Waals surface area contributed by atoms with Crippen LogP contribution in [0.1, 0.15) is 12.5 Å². The monoisotopic (exact) mass is 340 g/mol. The van der Waals surface area contributed by atoms with E-state index in [0.717, 1.165) is 11.1 Å². The lowest BCUT2D eigenvalue weighted by molar-refractivity contribution is -0.113. The molecule has 2 aliphatic heterocycles. The van der Waals surface area contributed by atoms with E-state index in [1.54, 1.807) is 30.3 Å². The molecule has 1 aliphatic carbocycles. The van der Waals surface area contributed by atoms with E-state index in [4.69, 9.17) is 0 Å². The zero-order valence-corrected chi connectivity index (χ0v) is 14.1. The molecule has 0 fully saturated rings. The standard InChI is InChI=1S/C18H16N2O3S/c1-11(21)14-10-15-12-6-3-4-8-16(12)24(22,23)19-17(15)18-13(14)7-5-9-20(18)2/h3-10,18-19H,1-2H3. The van der Waals surface area contributed by atoms with Gasteiger partial charge in [0.25, 0.3) is 10.0 Å². The van der Waals surface area contributed by atoms with Gasteiger partial charge >= 0.3 is 0 Å². The zero-order chi connectivity index (χ0) is 17.1. The van der Waals surface area contributed by atoms with Gasteiger partial charge in [0.2, 0.25) is 0 Å². The first kappa shape index (κ1) is 15.0. The molecule has 1 unspecified atom stereocenters. The van der Waals surface area contributed by atoms with E-state index < -0.39 is 10.0 Å². The molecule has 0 aromatic heterocycles. The van der Waals surface area contributed by atoms with Gasteiger partial charge in [-0.25, -0.2) is 8.42 Å². The third-order valence-corrected chi connectivity index (χ3v) is 5.98. The van der Waals surface area contributed by atoms with Crippen molar-refractivity contribution in [2.45, 2.75) is 17.9 Å². The molecule has 1 aromatic carbocycles. The lowest BCUT2D eigenvalue weighted by atomic mass is 9.81. The van der Waals surface area contributed by atoms with E-state index in [-0.39, 0.29) is 16.7 Å². The van der Waals surface area contributed by atoms with Gasteiger partial charge in [0.05, 0.1) is 16.6 Å². The summed E-state index contributed by atoms with van der Waals surface area (Å²) >= 11 is 0. The molecule has 0 radical (unpaired) electrons. The maximum absolute atomic E-state index is 12.6. The average Bonchev–Trinajstić information content (AvgIpc) is 2.54. The van der Waals surface area contributed by atoms with Crippen LogP contribution in [0.4, 0.5) is 0 Å². The summed E-state index contributed by atoms with van der Waals surface area (Å²) in [5.41, 5.74) is 3.41. The van der Waals surface area contributed by atoms with Crippen LogP contribution in [0.15, 0.2) is 70.4 Å². The van der Waals surface area contributed by atoms with Gasteiger partial charge < -0.3 is 4.90 Å². The number of hydrogen-bond donors (Lipinski definition) is 1. The number of fused-ring (bicyclic) bond motifs is 4. The van der Waals surface area contributed by atoms with Gasteiger partial charge in [0.1, 0.15) is 0 Å². The molecule has 24 heavy (non-hydrogen) atoms. The Labute approximate surface area is 140 Å². The highest BCUT2D eigenvalue weighted by molar-refractivity contribution is 7.89. The van der Waals surface area contributed by atoms with Crippen LogP contribution in [0, 0.1) is 0 Å². The fraction of sp³-hybridized carbons (Fsp3) is 0.167. The van der Waals surface area contributed by atoms with Crippen LogP contribution in [-0.2, 0) is 14.8 Å². The summed E-state index contributed by atoms with van der Waals surface area (Å²) in [6.07, 6.45) is 7.40. The SMILES string of the molecule is CC(=O)C1=CC2=C(NS(=O)(=O)c3ccccc32)C2C1=CC=CN2C. The van der Waals surface area contributed by atoms with Crippen molar-refractivity contribution in [1.29, 1.82) is 0 Å². The molecule has 0 bridgehead atoms. The summed E-state index contributed by atoms with van der Waals surface area (Å²) in [7, 11) is -1.75. The number of likely N-dealkylation sites (N-methyl/N-ethyl adjacent to an activating group) is 1. The first-order valence-electron chi connectivity index (χ1n) is 7.60. The molecule has 1 N–H and O–H groups in total. The highest BCUT2D eigenvalue weighted by Crippen LogP contribution is 2.42. The zero-order valence-electron chi connectivity index (χ0n) is 13.3. The third kappa shape index (κ3) is 1.99. The van der Waals surface area contributed by atoms with Crippen molar-refractivity contribution in [3.05, 3.63) is 71.1 Å². The average molecular weight is 340 g/mol. The first-order valence-corrected chi connectivity index (χ1v) is 9.08. The highest BCUT2D eigenvalue weighted by atomic mass is 32.2. The molecule has 1 atom stereocenters. The molecule has 3 aliphatic rings. The normalized spacial score (nSPS) is 23.4. The van der Waals surface area contributed by atoms with Crippen molar-refractivity contribution in [2.75, 3.05) is 7.05 Å². The molecule has 0 amide bonds. The maximum Gasteiger partial charge on any atom is 0.262 e. The van der Waals surface area contributed by atoms with Crippen molar-refractivity contribution in [1.82, 2.24) is 9.62 Å². The van der Waals surface area contributed by atoms with Crippen LogP contribution >= 0.6 is 0 Å². The number of nitrogens with one attached hydrogen (secondary N) is 1. The minimum absolute atomic E-state index is 0.0348. The van der Waals surface area contributed by atoms with E-state index in [2.05, 4.69) is 4.72 Å². The summed E-state index contributed by atoms with van der Waals surface area (Å²) < 4.78 is 28.0. The Morgan fingerprint density at radius 3 is 2.75 bits per heavy atom. The van der Waals surface area contributed by atoms with Gasteiger partial charge in [-0.05, 0) is 36.9 Å². The Morgan fingerprint density at radius 1 is 1.25 bits per heavy atom. The van der Waals surface area contributed by atoms with Gasteiger partial charge in [-0.3, -0.25) is 9.52 Å². The topological polar surface area (TPSA) is 66.5 Å². The largest absolute Gasteiger partial charge is 0.368 e. The molecular weight excluding hydrogens is 324 g/mol. The summed E-state index contributed by atoms with van der Waals surface area (Å²) in [5.74, 6) is -0.0348. The van der Waals surface area contributed by atoms with Crippen LogP contribution in [0.5, 0.6) is 0 Å². The van der Waals surface area contributed by atoms with Gasteiger partial charge in [-0.15, -0.1) is 0 Å². The number of nitrogens with zero attached hydrogens (tertiary/aromatic N) is 1. The van der Waals surface area contributed by atoms with Crippen LogP contribution in [0.25, 0.3) is 5.57 Å². The molecule has 6 heteroatoms. The van der Waals surface area contributed by atoms with Crippen molar-refractivity contribution >= 4 is 21.4 Å². The second-order valence-electron chi connectivity index (χ2n) is 6.07. The van der Waals surface area contributed by atoms with E-state index in [9.17, 15) is 13.2 Å². The minimum atomic E-state index is -3.62. The summed E-state index contributed by atoms with van der Waals surface area (Å²) in [4.78, 5) is 14.3. The molecule has 2 heterocycles. The first-order chi connectivity index (χ1) is 11.4. The molecule has 4 rings (SSSR count). The summed E-state index contributed by atoms with van der Waals surface area (Å²) in [6, 6.07) is 6.55. The van der Waals surface area contributed by atoms with Crippen molar-refractivity contribution in [3.8, 4) is 0 Å². The van der Waals surface area contributed by atoms with Crippen LogP contribution in [-0.4, -0.2) is 32.2 Å². The number of benzene rings is 1. The number of ketones is 1. The fourth-order valence-corrected chi connectivity index (χ4v) is 4.84. The third-order valence-electron chi connectivity index (χ3n) is 4.55. The van der Waals surface area contributed by atoms with Crippen LogP contribution < -0.4 is 4.72 Å². The predicted molar refractivity (Wildman–Crippen MR) is 91.2 cm³/mol. The molecule has 0 saturated carbocycles. The smallest absolute Gasteiger partial charge is 0.262 e. The van der Waals surface area contributed by atoms with Gasteiger partial charge in [0.15, 0.2) is 5.78 Å². The van der Waals surface area contributed by atoms with Crippen molar-refractivity contribution in [2.24, 2.45) is 0 Å². The number of allylic oxidation sites excluding steroid dienone is 4. The van der Waals surface area contributed by atoms with Crippen molar-refractivity contribution < 1.29 is 13.2 Å². The lowest BCUT2D eigenvalue weighted by Crippen LogP contribution is -2.44. The van der Waals surface area contributed by atoms with Gasteiger partial charge in [0, 0.05) is 23.8 Å². The molecule has 1 aromatic rings. The Balaban J connectivity index is 2.05. The second kappa shape index (κ2) is 4.95. The van der Waals surface area contributed by atoms with Crippen LogP contribution in [0.3, 0.4) is 0 Å². The van der Waals surface area contributed by atoms with Crippen LogP contribution in [0.2, 0.25) is 0 Å². The molecule has 5 nitrogen and oxygen atoms in total. The molecule has 0 saturated heterocycles. The summed E-state index contributed by atoms with van der Waals surface area (Å²) in [5, 5.41) is 0. The number of carbonyl (C=O) groups is 1. The van der Waals surface area contributed by atoms with E-state index in [1.807, 2.05) is 30.3 Å². The molecule has 122 valence electrons. The number of carbonyl (C=O) groups excluding carboxylic acids is 1. The minimum Gasteiger partial charge on any atom is -0.368 e. The Bertz CT molecular complexity index is 997. The fourth-order valence-electron chi connectivity index (χ4n) is 3.49. The maximum atomic E-state index is 12.6. The number of Topliss-reactive ketones (excluding diaryl/α,β-unsaturated/α-hetero) is 1. The molecular formula is C18H16N2O3S. The van der Waals surface area contributed by atoms with E-state index >= 15 is 0 Å². The van der Waals surface area contributed by atoms with Gasteiger partial charge in [-0.1, -0.05) is 24.3 Å². The van der Waals surface area contributed by atoms with Gasteiger partial charge in [-0.2, -0.15) is 0 Å². The summed E-state index contributed by atoms with van der Waals surface area (Å²) in [6.45, 7) is 1.53. The van der Waals surface area contributed by atoms with Crippen molar-refractivity contribution in [3.63, 3.8) is 0 Å². The Morgan fingerprint density at radius 2 is 2.00 bits per heavy atom. The van der Waals surface area contributed by atoms with E-state index in [1.165, 1.54) is 6.92 Å². The quantitative estimate of drug-likeness (QED) is 0.849. The number of sulfonamides is 1.